The van der Waals surface area contributed by atoms with Gasteiger partial charge in [0.05, 0.1) is 12.1 Å². The van der Waals surface area contributed by atoms with E-state index in [4.69, 9.17) is 4.74 Å². The largest absolute Gasteiger partial charge is 0.450 e. The molecule has 18 heavy (non-hydrogen) atoms. The van der Waals surface area contributed by atoms with E-state index in [9.17, 15) is 18.0 Å². The predicted octanol–water partition coefficient (Wildman–Crippen LogP) is 2.84. The SMILES string of the molecule is CCOC(=O)NC1(c2ccc(F)c(F)c2F)CC1. The van der Waals surface area contributed by atoms with Gasteiger partial charge in [-0.05, 0) is 25.8 Å². The normalized spacial score (nSPS) is 16.2. The molecule has 0 spiro atoms. The standard InChI is InChI=1S/C12H12F3NO2/c1-2-18-11(17)16-12(5-6-12)7-3-4-8(13)10(15)9(7)14/h3-4H,2,5-6H2,1H3,(H,16,17). The maximum Gasteiger partial charge on any atom is 0.407 e. The maximum atomic E-state index is 13.6. The van der Waals surface area contributed by atoms with Gasteiger partial charge < -0.3 is 10.1 Å². The van der Waals surface area contributed by atoms with Crippen molar-refractivity contribution in [3.05, 3.63) is 35.1 Å². The minimum atomic E-state index is -1.52. The molecule has 0 bridgehead atoms. The summed E-state index contributed by atoms with van der Waals surface area (Å²) in [5.74, 6) is -4.03. The summed E-state index contributed by atoms with van der Waals surface area (Å²) in [6, 6.07) is 1.99. The Morgan fingerprint density at radius 1 is 1.33 bits per heavy atom. The highest BCUT2D eigenvalue weighted by molar-refractivity contribution is 5.69. The number of alkyl carbamates (subject to hydrolysis) is 1. The lowest BCUT2D eigenvalue weighted by atomic mass is 10.0. The van der Waals surface area contributed by atoms with Gasteiger partial charge >= 0.3 is 6.09 Å². The second-order valence-corrected chi connectivity index (χ2v) is 4.15. The minimum Gasteiger partial charge on any atom is -0.450 e. The van der Waals surface area contributed by atoms with Crippen molar-refractivity contribution in [2.45, 2.75) is 25.3 Å². The first kappa shape index (κ1) is 12.7. The first-order valence-electron chi connectivity index (χ1n) is 5.59. The highest BCUT2D eigenvalue weighted by atomic mass is 19.2. The Kier molecular flexibility index (Phi) is 3.19. The number of halogens is 3. The van der Waals surface area contributed by atoms with Gasteiger partial charge in [0.2, 0.25) is 0 Å². The molecule has 1 N–H and O–H groups in total. The van der Waals surface area contributed by atoms with Gasteiger partial charge in [-0.3, -0.25) is 0 Å². The molecular weight excluding hydrogens is 247 g/mol. The van der Waals surface area contributed by atoms with E-state index in [1.807, 2.05) is 0 Å². The van der Waals surface area contributed by atoms with Gasteiger partial charge in [-0.25, -0.2) is 18.0 Å². The zero-order valence-electron chi connectivity index (χ0n) is 9.73. The summed E-state index contributed by atoms with van der Waals surface area (Å²) < 4.78 is 44.3. The van der Waals surface area contributed by atoms with Crippen LogP contribution in [0.3, 0.4) is 0 Å². The summed E-state index contributed by atoms with van der Waals surface area (Å²) in [5.41, 5.74) is -1.01. The van der Waals surface area contributed by atoms with Crippen molar-refractivity contribution in [2.75, 3.05) is 6.61 Å². The van der Waals surface area contributed by atoms with E-state index in [2.05, 4.69) is 5.32 Å². The summed E-state index contributed by atoms with van der Waals surface area (Å²) in [6.45, 7) is 1.82. The van der Waals surface area contributed by atoms with E-state index in [0.29, 0.717) is 12.8 Å². The van der Waals surface area contributed by atoms with E-state index >= 15 is 0 Å². The number of ether oxygens (including phenoxy) is 1. The van der Waals surface area contributed by atoms with Crippen LogP contribution >= 0.6 is 0 Å². The molecule has 1 saturated carbocycles. The highest BCUT2D eigenvalue weighted by Gasteiger charge is 2.48. The molecule has 1 aromatic rings. The van der Waals surface area contributed by atoms with Crippen molar-refractivity contribution >= 4 is 6.09 Å². The predicted molar refractivity (Wildman–Crippen MR) is 57.4 cm³/mol. The number of hydrogen-bond donors (Lipinski definition) is 1. The first-order chi connectivity index (χ1) is 8.50. The van der Waals surface area contributed by atoms with Gasteiger partial charge in [-0.15, -0.1) is 0 Å². The summed E-state index contributed by atoms with van der Waals surface area (Å²) in [5, 5.41) is 2.48. The smallest absolute Gasteiger partial charge is 0.407 e. The molecule has 0 saturated heterocycles. The molecule has 0 unspecified atom stereocenters. The molecule has 0 heterocycles. The third-order valence-electron chi connectivity index (χ3n) is 2.92. The summed E-state index contributed by atoms with van der Waals surface area (Å²) >= 11 is 0. The average Bonchev–Trinajstić information content (AvgIpc) is 3.07. The van der Waals surface area contributed by atoms with E-state index in [1.54, 1.807) is 6.92 Å². The number of carbonyl (C=O) groups excluding carboxylic acids is 1. The quantitative estimate of drug-likeness (QED) is 0.848. The molecule has 0 aliphatic heterocycles. The fraction of sp³-hybridized carbons (Fsp3) is 0.417. The molecule has 6 heteroatoms. The molecule has 1 fully saturated rings. The topological polar surface area (TPSA) is 38.3 Å². The van der Waals surface area contributed by atoms with Crippen molar-refractivity contribution in [1.29, 1.82) is 0 Å². The minimum absolute atomic E-state index is 0.0468. The van der Waals surface area contributed by atoms with Crippen LogP contribution in [0.15, 0.2) is 12.1 Å². The molecule has 0 radical (unpaired) electrons. The number of amides is 1. The fourth-order valence-corrected chi connectivity index (χ4v) is 1.84. The number of benzene rings is 1. The number of carbonyl (C=O) groups is 1. The van der Waals surface area contributed by atoms with Crippen LogP contribution in [-0.4, -0.2) is 12.7 Å². The Bertz CT molecular complexity index is 486. The molecule has 2 rings (SSSR count). The Morgan fingerprint density at radius 2 is 2.00 bits per heavy atom. The Hall–Kier alpha value is -1.72. The summed E-state index contributed by atoms with van der Waals surface area (Å²) in [6.07, 6.45) is 0.237. The van der Waals surface area contributed by atoms with Crippen molar-refractivity contribution in [2.24, 2.45) is 0 Å². The number of hydrogen-bond acceptors (Lipinski definition) is 2. The molecule has 1 aliphatic carbocycles. The van der Waals surface area contributed by atoms with Crippen LogP contribution < -0.4 is 5.32 Å². The lowest BCUT2D eigenvalue weighted by molar-refractivity contribution is 0.146. The van der Waals surface area contributed by atoms with E-state index in [0.717, 1.165) is 12.1 Å². The molecule has 1 aromatic carbocycles. The molecule has 1 amide bonds. The molecule has 0 aromatic heterocycles. The van der Waals surface area contributed by atoms with Crippen LogP contribution in [0.2, 0.25) is 0 Å². The van der Waals surface area contributed by atoms with E-state index < -0.39 is 29.1 Å². The Labute approximate surface area is 102 Å². The second kappa shape index (κ2) is 4.51. The van der Waals surface area contributed by atoms with Crippen molar-refractivity contribution in [1.82, 2.24) is 5.32 Å². The lowest BCUT2D eigenvalue weighted by Gasteiger charge is -2.18. The molecule has 3 nitrogen and oxygen atoms in total. The van der Waals surface area contributed by atoms with Gasteiger partial charge in [-0.1, -0.05) is 6.07 Å². The van der Waals surface area contributed by atoms with Gasteiger partial charge in [-0.2, -0.15) is 0 Å². The van der Waals surface area contributed by atoms with Crippen molar-refractivity contribution < 1.29 is 22.7 Å². The van der Waals surface area contributed by atoms with Gasteiger partial charge in [0.1, 0.15) is 0 Å². The average molecular weight is 259 g/mol. The molecule has 0 atom stereocenters. The van der Waals surface area contributed by atoms with Gasteiger partial charge in [0.15, 0.2) is 17.5 Å². The summed E-state index contributed by atoms with van der Waals surface area (Å²) in [7, 11) is 0. The Morgan fingerprint density at radius 3 is 2.56 bits per heavy atom. The monoisotopic (exact) mass is 259 g/mol. The second-order valence-electron chi connectivity index (χ2n) is 4.15. The molecule has 98 valence electrons. The van der Waals surface area contributed by atoms with Crippen LogP contribution in [0.4, 0.5) is 18.0 Å². The van der Waals surface area contributed by atoms with Crippen LogP contribution in [0, 0.1) is 17.5 Å². The van der Waals surface area contributed by atoms with Gasteiger partial charge in [0, 0.05) is 5.56 Å². The molecule has 1 aliphatic rings. The first-order valence-corrected chi connectivity index (χ1v) is 5.59. The Balaban J connectivity index is 2.26. The van der Waals surface area contributed by atoms with Crippen molar-refractivity contribution in [3.63, 3.8) is 0 Å². The van der Waals surface area contributed by atoms with Crippen molar-refractivity contribution in [3.8, 4) is 0 Å². The highest BCUT2D eigenvalue weighted by Crippen LogP contribution is 2.47. The zero-order valence-corrected chi connectivity index (χ0v) is 9.73. The third kappa shape index (κ3) is 2.14. The fourth-order valence-electron chi connectivity index (χ4n) is 1.84. The van der Waals surface area contributed by atoms with E-state index in [-0.39, 0.29) is 12.2 Å². The van der Waals surface area contributed by atoms with Crippen LogP contribution in [-0.2, 0) is 10.3 Å². The number of rotatable bonds is 3. The number of nitrogens with one attached hydrogen (secondary N) is 1. The third-order valence-corrected chi connectivity index (χ3v) is 2.92. The lowest BCUT2D eigenvalue weighted by Crippen LogP contribution is -2.36. The maximum absolute atomic E-state index is 13.6. The summed E-state index contributed by atoms with van der Waals surface area (Å²) in [4.78, 5) is 11.3. The van der Waals surface area contributed by atoms with E-state index in [1.165, 1.54) is 0 Å². The van der Waals surface area contributed by atoms with Gasteiger partial charge in [0.25, 0.3) is 0 Å². The van der Waals surface area contributed by atoms with Crippen LogP contribution in [0.1, 0.15) is 25.3 Å². The molecular formula is C12H12F3NO2. The van der Waals surface area contributed by atoms with Crippen LogP contribution in [0.25, 0.3) is 0 Å². The zero-order chi connectivity index (χ0) is 13.3. The van der Waals surface area contributed by atoms with Crippen LogP contribution in [0.5, 0.6) is 0 Å².